The highest BCUT2D eigenvalue weighted by Gasteiger charge is 2.39. The summed E-state index contributed by atoms with van der Waals surface area (Å²) < 4.78 is 0. The minimum Gasteiger partial charge on any atom is -0.550 e. The molecule has 1 atom stereocenters. The maximum Gasteiger partial charge on any atom is 0.247 e. The molecule has 29 heavy (non-hydrogen) atoms. The zero-order valence-corrected chi connectivity index (χ0v) is 16.7. The van der Waals surface area contributed by atoms with Crippen molar-refractivity contribution in [3.05, 3.63) is 54.1 Å². The van der Waals surface area contributed by atoms with E-state index in [0.29, 0.717) is 5.69 Å². The standard InChI is InChI=1S/C20H20N4O4S/c1-23(2)14-5-3-13(4-6-14)12-21-22-20-24(15-7-9-16(25)10-8-15)19(28)17(29-20)11-18(26)27/h3-10,12,17,25H,11H2,1-2H3,(H,26,27)/p-1. The Morgan fingerprint density at radius 2 is 1.86 bits per heavy atom. The predicted molar refractivity (Wildman–Crippen MR) is 112 cm³/mol. The number of carbonyl (C=O) groups excluding carboxylic acids is 2. The number of benzene rings is 2. The molecule has 0 saturated carbocycles. The van der Waals surface area contributed by atoms with Crippen LogP contribution >= 0.6 is 11.8 Å². The highest BCUT2D eigenvalue weighted by atomic mass is 32.2. The highest BCUT2D eigenvalue weighted by molar-refractivity contribution is 8.16. The zero-order chi connectivity index (χ0) is 21.0. The van der Waals surface area contributed by atoms with Crippen molar-refractivity contribution < 1.29 is 19.8 Å². The van der Waals surface area contributed by atoms with Crippen LogP contribution in [0.1, 0.15) is 12.0 Å². The number of rotatable bonds is 6. The summed E-state index contributed by atoms with van der Waals surface area (Å²) in [5, 5.41) is 28.0. The van der Waals surface area contributed by atoms with E-state index in [1.54, 1.807) is 18.3 Å². The monoisotopic (exact) mass is 411 g/mol. The van der Waals surface area contributed by atoms with Gasteiger partial charge in [0.15, 0.2) is 5.17 Å². The van der Waals surface area contributed by atoms with Crippen molar-refractivity contribution in [3.8, 4) is 5.75 Å². The van der Waals surface area contributed by atoms with Crippen LogP contribution in [0.25, 0.3) is 0 Å². The molecule has 0 bridgehead atoms. The topological polar surface area (TPSA) is 109 Å². The Balaban J connectivity index is 1.85. The van der Waals surface area contributed by atoms with Gasteiger partial charge >= 0.3 is 0 Å². The van der Waals surface area contributed by atoms with E-state index in [2.05, 4.69) is 10.2 Å². The van der Waals surface area contributed by atoms with E-state index >= 15 is 0 Å². The number of aliphatic carboxylic acids is 1. The molecule has 2 aromatic carbocycles. The second-order valence-electron chi connectivity index (χ2n) is 6.49. The maximum absolute atomic E-state index is 12.7. The van der Waals surface area contributed by atoms with Crippen molar-refractivity contribution in [2.24, 2.45) is 10.2 Å². The molecule has 1 amide bonds. The van der Waals surface area contributed by atoms with Crippen LogP contribution in [0.15, 0.2) is 58.7 Å². The summed E-state index contributed by atoms with van der Waals surface area (Å²) in [7, 11) is 3.90. The molecule has 1 aliphatic rings. The van der Waals surface area contributed by atoms with Gasteiger partial charge in [0.2, 0.25) is 5.91 Å². The average molecular weight is 411 g/mol. The van der Waals surface area contributed by atoms with E-state index in [4.69, 9.17) is 0 Å². The van der Waals surface area contributed by atoms with Gasteiger partial charge in [-0.15, -0.1) is 5.10 Å². The number of carboxylic acids is 1. The van der Waals surface area contributed by atoms with Gasteiger partial charge < -0.3 is 19.9 Å². The molecule has 1 aliphatic heterocycles. The molecule has 1 unspecified atom stereocenters. The fourth-order valence-corrected chi connectivity index (χ4v) is 3.74. The minimum atomic E-state index is -1.31. The van der Waals surface area contributed by atoms with Crippen LogP contribution in [0.5, 0.6) is 5.75 Å². The Morgan fingerprint density at radius 3 is 2.45 bits per heavy atom. The van der Waals surface area contributed by atoms with Gasteiger partial charge in [-0.1, -0.05) is 23.9 Å². The molecular weight excluding hydrogens is 392 g/mol. The quantitative estimate of drug-likeness (QED) is 0.569. The molecule has 150 valence electrons. The summed E-state index contributed by atoms with van der Waals surface area (Å²) in [5.74, 6) is -1.68. The van der Waals surface area contributed by atoms with Gasteiger partial charge in [0.05, 0.1) is 17.2 Å². The number of hydrogen-bond acceptors (Lipinski definition) is 8. The summed E-state index contributed by atoms with van der Waals surface area (Å²) in [6, 6.07) is 13.6. The molecular formula is C20H19N4O4S-. The van der Waals surface area contributed by atoms with Crippen molar-refractivity contribution in [2.75, 3.05) is 23.9 Å². The van der Waals surface area contributed by atoms with Gasteiger partial charge in [0.1, 0.15) is 5.75 Å². The van der Waals surface area contributed by atoms with Crippen LogP contribution in [0.2, 0.25) is 0 Å². The van der Waals surface area contributed by atoms with Crippen LogP contribution in [0, 0.1) is 0 Å². The second-order valence-corrected chi connectivity index (χ2v) is 7.66. The molecule has 9 heteroatoms. The summed E-state index contributed by atoms with van der Waals surface area (Å²) in [6.07, 6.45) is 1.13. The van der Waals surface area contributed by atoms with Gasteiger partial charge in [-0.05, 0) is 42.0 Å². The summed E-state index contributed by atoms with van der Waals surface area (Å²) >= 11 is 1.02. The third kappa shape index (κ3) is 4.94. The number of hydrogen-bond donors (Lipinski definition) is 1. The van der Waals surface area contributed by atoms with Gasteiger partial charge in [0, 0.05) is 32.2 Å². The molecule has 1 heterocycles. The molecule has 1 N–H and O–H groups in total. The Kier molecular flexibility index (Phi) is 6.18. The van der Waals surface area contributed by atoms with Crippen molar-refractivity contribution >= 4 is 46.4 Å². The Bertz CT molecular complexity index is 955. The first kappa shape index (κ1) is 20.4. The Labute approximate surface area is 172 Å². The second kappa shape index (κ2) is 8.78. The number of phenols is 1. The highest BCUT2D eigenvalue weighted by Crippen LogP contribution is 2.34. The third-order valence-electron chi connectivity index (χ3n) is 4.15. The van der Waals surface area contributed by atoms with Gasteiger partial charge in [0.25, 0.3) is 0 Å². The van der Waals surface area contributed by atoms with Crippen LogP contribution in [0.4, 0.5) is 11.4 Å². The number of aromatic hydroxyl groups is 1. The lowest BCUT2D eigenvalue weighted by Crippen LogP contribution is -2.35. The number of amides is 1. The Morgan fingerprint density at radius 1 is 1.21 bits per heavy atom. The zero-order valence-electron chi connectivity index (χ0n) is 15.8. The van der Waals surface area contributed by atoms with E-state index in [1.807, 2.05) is 43.3 Å². The predicted octanol–water partition coefficient (Wildman–Crippen LogP) is 1.44. The first-order valence-corrected chi connectivity index (χ1v) is 9.61. The number of carboxylic acid groups (broad SMARTS) is 1. The van der Waals surface area contributed by atoms with Crippen LogP contribution in [-0.2, 0) is 9.59 Å². The number of thioether (sulfide) groups is 1. The summed E-state index contributed by atoms with van der Waals surface area (Å²) in [5.41, 5.74) is 2.34. The number of amidine groups is 1. The first-order valence-electron chi connectivity index (χ1n) is 8.73. The van der Waals surface area contributed by atoms with E-state index in [-0.39, 0.29) is 10.9 Å². The molecule has 0 spiro atoms. The fraction of sp³-hybridized carbons (Fsp3) is 0.200. The average Bonchev–Trinajstić information content (AvgIpc) is 2.98. The van der Waals surface area contributed by atoms with Crippen LogP contribution in [0.3, 0.4) is 0 Å². The van der Waals surface area contributed by atoms with Crippen LogP contribution in [-0.4, -0.2) is 47.7 Å². The molecule has 0 aromatic heterocycles. The maximum atomic E-state index is 12.7. The number of phenolic OH excluding ortho intramolecular Hbond substituents is 1. The normalized spacial score (nSPS) is 18.0. The van der Waals surface area contributed by atoms with Crippen molar-refractivity contribution in [1.29, 1.82) is 0 Å². The van der Waals surface area contributed by atoms with Gasteiger partial charge in [-0.2, -0.15) is 5.10 Å². The lowest BCUT2D eigenvalue weighted by Gasteiger charge is -2.16. The van der Waals surface area contributed by atoms with Gasteiger partial charge in [-0.25, -0.2) is 0 Å². The number of anilines is 2. The molecule has 0 aliphatic carbocycles. The Hall–Kier alpha value is -3.33. The van der Waals surface area contributed by atoms with E-state index in [0.717, 1.165) is 23.0 Å². The SMILES string of the molecule is CN(C)c1ccc(C=NN=C2SC(CC(=O)[O-])C(=O)N2c2ccc(O)cc2)cc1. The van der Waals surface area contributed by atoms with E-state index in [9.17, 15) is 19.8 Å². The minimum absolute atomic E-state index is 0.0528. The third-order valence-corrected chi connectivity index (χ3v) is 5.28. The van der Waals surface area contributed by atoms with E-state index < -0.39 is 23.5 Å². The first-order chi connectivity index (χ1) is 13.8. The largest absolute Gasteiger partial charge is 0.550 e. The van der Waals surface area contributed by atoms with Crippen LogP contribution < -0.4 is 14.9 Å². The lowest BCUT2D eigenvalue weighted by molar-refractivity contribution is -0.305. The molecule has 0 radical (unpaired) electrons. The lowest BCUT2D eigenvalue weighted by atomic mass is 10.2. The van der Waals surface area contributed by atoms with E-state index in [1.165, 1.54) is 17.0 Å². The fourth-order valence-electron chi connectivity index (χ4n) is 2.66. The number of nitrogens with zero attached hydrogens (tertiary/aromatic N) is 4. The van der Waals surface area contributed by atoms with Crippen molar-refractivity contribution in [1.82, 2.24) is 0 Å². The molecule has 8 nitrogen and oxygen atoms in total. The van der Waals surface area contributed by atoms with Crippen molar-refractivity contribution in [3.63, 3.8) is 0 Å². The molecule has 1 fully saturated rings. The smallest absolute Gasteiger partial charge is 0.247 e. The van der Waals surface area contributed by atoms with Gasteiger partial charge in [-0.3, -0.25) is 9.69 Å². The molecule has 1 saturated heterocycles. The summed E-state index contributed by atoms with van der Waals surface area (Å²) in [4.78, 5) is 26.9. The molecule has 3 rings (SSSR count). The summed E-state index contributed by atoms with van der Waals surface area (Å²) in [6.45, 7) is 0. The number of carbonyl (C=O) groups is 2. The van der Waals surface area contributed by atoms with Crippen molar-refractivity contribution in [2.45, 2.75) is 11.7 Å². The molecule has 2 aromatic rings.